The number of hydrogen-bond donors (Lipinski definition) is 1. The molecule has 0 bridgehead atoms. The predicted octanol–water partition coefficient (Wildman–Crippen LogP) is 2.13. The van der Waals surface area contributed by atoms with Crippen LogP contribution in [0.5, 0.6) is 0 Å². The van der Waals surface area contributed by atoms with Crippen LogP contribution in [-0.4, -0.2) is 16.8 Å². The molecule has 1 unspecified atom stereocenters. The third-order valence-electron chi connectivity index (χ3n) is 2.24. The maximum absolute atomic E-state index is 11.5. The molecular weight excluding hydrogens is 212 g/mol. The van der Waals surface area contributed by atoms with Gasteiger partial charge < -0.3 is 5.32 Å². The Kier molecular flexibility index (Phi) is 4.56. The minimum atomic E-state index is -0.157. The highest BCUT2D eigenvalue weighted by molar-refractivity contribution is 6.19. The molecule has 0 radical (unpaired) electrons. The van der Waals surface area contributed by atoms with Crippen molar-refractivity contribution in [1.82, 2.24) is 10.3 Å². The van der Waals surface area contributed by atoms with Crippen molar-refractivity contribution in [3.8, 4) is 0 Å². The Morgan fingerprint density at radius 2 is 2.07 bits per heavy atom. The summed E-state index contributed by atoms with van der Waals surface area (Å²) in [6, 6.07) is 3.76. The van der Waals surface area contributed by atoms with Crippen molar-refractivity contribution in [3.05, 3.63) is 30.1 Å². The quantitative estimate of drug-likeness (QED) is 0.800. The topological polar surface area (TPSA) is 42.0 Å². The van der Waals surface area contributed by atoms with Gasteiger partial charge >= 0.3 is 0 Å². The van der Waals surface area contributed by atoms with Crippen LogP contribution in [0.4, 0.5) is 0 Å². The lowest BCUT2D eigenvalue weighted by molar-refractivity contribution is -0.124. The Balaban J connectivity index is 2.56. The monoisotopic (exact) mass is 226 g/mol. The molecule has 0 spiro atoms. The number of nitrogens with one attached hydrogen (secondary N) is 1. The van der Waals surface area contributed by atoms with E-state index in [-0.39, 0.29) is 17.9 Å². The molecule has 0 aromatic carbocycles. The summed E-state index contributed by atoms with van der Waals surface area (Å²) in [5, 5.41) is 2.90. The lowest BCUT2D eigenvalue weighted by atomic mass is 10.1. The zero-order valence-electron chi connectivity index (χ0n) is 8.90. The molecule has 1 N–H and O–H groups in total. The van der Waals surface area contributed by atoms with Gasteiger partial charge in [0.05, 0.1) is 6.04 Å². The van der Waals surface area contributed by atoms with Gasteiger partial charge in [0.1, 0.15) is 0 Å². The van der Waals surface area contributed by atoms with Crippen LogP contribution >= 0.6 is 11.6 Å². The van der Waals surface area contributed by atoms with Gasteiger partial charge in [0, 0.05) is 24.2 Å². The van der Waals surface area contributed by atoms with Crippen LogP contribution in [0.3, 0.4) is 0 Å². The van der Waals surface area contributed by atoms with Crippen molar-refractivity contribution >= 4 is 17.5 Å². The minimum absolute atomic E-state index is 0.00818. The molecule has 3 nitrogen and oxygen atoms in total. The number of carbonyl (C=O) groups is 1. The molecule has 15 heavy (non-hydrogen) atoms. The average molecular weight is 227 g/mol. The van der Waals surface area contributed by atoms with Gasteiger partial charge in [0.15, 0.2) is 0 Å². The highest BCUT2D eigenvalue weighted by atomic mass is 35.5. The second kappa shape index (κ2) is 5.71. The number of halogens is 1. The van der Waals surface area contributed by atoms with E-state index in [1.165, 1.54) is 0 Å². The van der Waals surface area contributed by atoms with E-state index in [9.17, 15) is 4.79 Å². The Hall–Kier alpha value is -1.09. The number of nitrogens with zero attached hydrogens (tertiary/aromatic N) is 1. The molecule has 0 aliphatic carbocycles. The standard InChI is InChI=1S/C11H15ClN2O/c1-8(7-12)11(15)14-9(2)10-3-5-13-6-4-10/h3-6,8-9H,7H2,1-2H3,(H,14,15)/t8?,9-/m0/s1. The van der Waals surface area contributed by atoms with E-state index < -0.39 is 0 Å². The van der Waals surface area contributed by atoms with Gasteiger partial charge in [-0.15, -0.1) is 11.6 Å². The number of aromatic nitrogens is 1. The van der Waals surface area contributed by atoms with Gasteiger partial charge in [-0.3, -0.25) is 9.78 Å². The van der Waals surface area contributed by atoms with Gasteiger partial charge in [-0.25, -0.2) is 0 Å². The largest absolute Gasteiger partial charge is 0.349 e. The maximum atomic E-state index is 11.5. The van der Waals surface area contributed by atoms with Crippen LogP contribution in [0, 0.1) is 5.92 Å². The molecule has 0 saturated heterocycles. The Labute approximate surface area is 94.9 Å². The fourth-order valence-electron chi connectivity index (χ4n) is 1.16. The summed E-state index contributed by atoms with van der Waals surface area (Å²) in [5.74, 6) is 0.166. The molecule has 1 aromatic heterocycles. The van der Waals surface area contributed by atoms with E-state index in [2.05, 4.69) is 10.3 Å². The van der Waals surface area contributed by atoms with Gasteiger partial charge in [-0.05, 0) is 24.6 Å². The highest BCUT2D eigenvalue weighted by Gasteiger charge is 2.14. The number of alkyl halides is 1. The van der Waals surface area contributed by atoms with Crippen molar-refractivity contribution in [3.63, 3.8) is 0 Å². The molecule has 0 aliphatic rings. The molecular formula is C11H15ClN2O. The SMILES string of the molecule is CC(CCl)C(=O)N[C@@H](C)c1ccncc1. The van der Waals surface area contributed by atoms with E-state index in [0.29, 0.717) is 5.88 Å². The first-order chi connectivity index (χ1) is 7.15. The Morgan fingerprint density at radius 3 is 2.60 bits per heavy atom. The molecule has 1 aromatic rings. The van der Waals surface area contributed by atoms with Gasteiger partial charge in [0.2, 0.25) is 5.91 Å². The number of amides is 1. The first-order valence-corrected chi connectivity index (χ1v) is 5.45. The van der Waals surface area contributed by atoms with E-state index in [1.807, 2.05) is 26.0 Å². The molecule has 1 amide bonds. The van der Waals surface area contributed by atoms with Crippen molar-refractivity contribution in [1.29, 1.82) is 0 Å². The summed E-state index contributed by atoms with van der Waals surface area (Å²) in [5.41, 5.74) is 1.04. The second-order valence-corrected chi connectivity index (χ2v) is 3.87. The van der Waals surface area contributed by atoms with Crippen LogP contribution in [0.1, 0.15) is 25.5 Å². The average Bonchev–Trinajstić information content (AvgIpc) is 2.29. The molecule has 1 rings (SSSR count). The number of hydrogen-bond acceptors (Lipinski definition) is 2. The summed E-state index contributed by atoms with van der Waals surface area (Å²) < 4.78 is 0. The van der Waals surface area contributed by atoms with E-state index in [4.69, 9.17) is 11.6 Å². The molecule has 82 valence electrons. The second-order valence-electron chi connectivity index (χ2n) is 3.57. The normalized spacial score (nSPS) is 14.3. The highest BCUT2D eigenvalue weighted by Crippen LogP contribution is 2.11. The van der Waals surface area contributed by atoms with Crippen molar-refractivity contribution in [2.45, 2.75) is 19.9 Å². The Bertz CT molecular complexity index is 316. The Morgan fingerprint density at radius 1 is 1.47 bits per heavy atom. The molecule has 1 heterocycles. The molecule has 2 atom stereocenters. The number of carbonyl (C=O) groups excluding carboxylic acids is 1. The fraction of sp³-hybridized carbons (Fsp3) is 0.455. The summed E-state index contributed by atoms with van der Waals surface area (Å²) in [4.78, 5) is 15.5. The van der Waals surface area contributed by atoms with Gasteiger partial charge in [-0.2, -0.15) is 0 Å². The van der Waals surface area contributed by atoms with Crippen LogP contribution in [0.25, 0.3) is 0 Å². The molecule has 0 fully saturated rings. The van der Waals surface area contributed by atoms with Crippen molar-refractivity contribution in [2.75, 3.05) is 5.88 Å². The lowest BCUT2D eigenvalue weighted by Gasteiger charge is -2.16. The lowest BCUT2D eigenvalue weighted by Crippen LogP contribution is -2.32. The maximum Gasteiger partial charge on any atom is 0.224 e. The van der Waals surface area contributed by atoms with Crippen molar-refractivity contribution < 1.29 is 4.79 Å². The summed E-state index contributed by atoms with van der Waals surface area (Å²) >= 11 is 5.61. The van der Waals surface area contributed by atoms with E-state index in [1.54, 1.807) is 12.4 Å². The molecule has 4 heteroatoms. The third kappa shape index (κ3) is 3.51. The number of rotatable bonds is 4. The summed E-state index contributed by atoms with van der Waals surface area (Å²) in [6.45, 7) is 3.75. The predicted molar refractivity (Wildman–Crippen MR) is 60.7 cm³/mol. The first kappa shape index (κ1) is 12.0. The van der Waals surface area contributed by atoms with Crippen LogP contribution in [-0.2, 0) is 4.79 Å². The smallest absolute Gasteiger partial charge is 0.224 e. The third-order valence-corrected chi connectivity index (χ3v) is 2.71. The molecule has 0 aliphatic heterocycles. The summed E-state index contributed by atoms with van der Waals surface area (Å²) in [7, 11) is 0. The van der Waals surface area contributed by atoms with Crippen LogP contribution in [0.2, 0.25) is 0 Å². The minimum Gasteiger partial charge on any atom is -0.349 e. The zero-order valence-corrected chi connectivity index (χ0v) is 9.66. The zero-order chi connectivity index (χ0) is 11.3. The van der Waals surface area contributed by atoms with Crippen LogP contribution < -0.4 is 5.32 Å². The number of pyridine rings is 1. The van der Waals surface area contributed by atoms with Gasteiger partial charge in [-0.1, -0.05) is 6.92 Å². The van der Waals surface area contributed by atoms with Crippen LogP contribution in [0.15, 0.2) is 24.5 Å². The van der Waals surface area contributed by atoms with Crippen molar-refractivity contribution in [2.24, 2.45) is 5.92 Å². The fourth-order valence-corrected chi connectivity index (χ4v) is 1.30. The summed E-state index contributed by atoms with van der Waals surface area (Å²) in [6.07, 6.45) is 3.42. The van der Waals surface area contributed by atoms with E-state index >= 15 is 0 Å². The first-order valence-electron chi connectivity index (χ1n) is 4.91. The molecule has 0 saturated carbocycles. The van der Waals surface area contributed by atoms with E-state index in [0.717, 1.165) is 5.56 Å². The van der Waals surface area contributed by atoms with Gasteiger partial charge in [0.25, 0.3) is 0 Å².